The molecular weight excluding hydrogens is 440 g/mol. The molecule has 33 heavy (non-hydrogen) atoms. The third kappa shape index (κ3) is 4.50. The van der Waals surface area contributed by atoms with E-state index in [4.69, 9.17) is 21.6 Å². The van der Waals surface area contributed by atoms with Crippen molar-refractivity contribution in [1.82, 2.24) is 25.1 Å². The zero-order valence-corrected chi connectivity index (χ0v) is 19.5. The van der Waals surface area contributed by atoms with Crippen LogP contribution in [0.2, 0.25) is 5.15 Å². The molecule has 1 aliphatic carbocycles. The Morgan fingerprint density at radius 3 is 2.88 bits per heavy atom. The van der Waals surface area contributed by atoms with Crippen molar-refractivity contribution in [3.05, 3.63) is 46.5 Å². The molecule has 1 aliphatic heterocycles. The van der Waals surface area contributed by atoms with Gasteiger partial charge < -0.3 is 15.5 Å². The van der Waals surface area contributed by atoms with Crippen LogP contribution in [-0.2, 0) is 17.6 Å². The quantitative estimate of drug-likeness (QED) is 0.466. The van der Waals surface area contributed by atoms with E-state index < -0.39 is 0 Å². The first kappa shape index (κ1) is 21.6. The average Bonchev–Trinajstić information content (AvgIpc) is 3.55. The van der Waals surface area contributed by atoms with Crippen LogP contribution in [0.1, 0.15) is 56.0 Å². The summed E-state index contributed by atoms with van der Waals surface area (Å²) in [7, 11) is 0. The molecule has 0 spiro atoms. The highest BCUT2D eigenvalue weighted by Crippen LogP contribution is 2.33. The number of hydrogen-bond donors (Lipinski definition) is 3. The van der Waals surface area contributed by atoms with Gasteiger partial charge in [-0.05, 0) is 50.2 Å². The monoisotopic (exact) mass is 466 g/mol. The number of aromatic amines is 1. The second kappa shape index (κ2) is 8.97. The highest BCUT2D eigenvalue weighted by molar-refractivity contribution is 6.29. The van der Waals surface area contributed by atoms with E-state index in [0.29, 0.717) is 22.7 Å². The van der Waals surface area contributed by atoms with Gasteiger partial charge in [-0.25, -0.2) is 9.97 Å². The fourth-order valence-corrected chi connectivity index (χ4v) is 4.53. The number of carbonyl (C=O) groups is 1. The molecule has 1 fully saturated rings. The molecule has 172 valence electrons. The lowest BCUT2D eigenvalue weighted by Crippen LogP contribution is -2.40. The van der Waals surface area contributed by atoms with E-state index in [-0.39, 0.29) is 11.9 Å². The summed E-state index contributed by atoms with van der Waals surface area (Å²) >= 11 is 5.85. The van der Waals surface area contributed by atoms with E-state index in [9.17, 15) is 4.79 Å². The third-order valence-electron chi connectivity index (χ3n) is 6.19. The van der Waals surface area contributed by atoms with Crippen LogP contribution in [0.25, 0.3) is 0 Å². The standard InChI is InChI=1S/C23H27ClN8O/c1-13(2)17-11-20(31-30-17)28-21-15-5-3-6-16(15)27-23(29-21)32-10-4-7-18(32)22(33)26-14-8-9-19(24)25-12-14/h8-9,11-13,18H,3-7,10H2,1-2H3,(H,26,33)(H2,27,28,29,30,31). The van der Waals surface area contributed by atoms with Crippen LogP contribution < -0.4 is 15.5 Å². The second-order valence-corrected chi connectivity index (χ2v) is 9.24. The fourth-order valence-electron chi connectivity index (χ4n) is 4.42. The van der Waals surface area contributed by atoms with Gasteiger partial charge in [0.25, 0.3) is 0 Å². The summed E-state index contributed by atoms with van der Waals surface area (Å²) in [6.45, 7) is 4.97. The molecule has 3 aromatic heterocycles. The predicted octanol–water partition coefficient (Wildman–Crippen LogP) is 4.21. The number of anilines is 4. The van der Waals surface area contributed by atoms with Gasteiger partial charge in [0.2, 0.25) is 11.9 Å². The molecule has 9 nitrogen and oxygen atoms in total. The van der Waals surface area contributed by atoms with Gasteiger partial charge in [0.05, 0.1) is 17.6 Å². The highest BCUT2D eigenvalue weighted by Gasteiger charge is 2.34. The summed E-state index contributed by atoms with van der Waals surface area (Å²) in [5.74, 6) is 2.37. The van der Waals surface area contributed by atoms with Crippen molar-refractivity contribution in [1.29, 1.82) is 0 Å². The van der Waals surface area contributed by atoms with Gasteiger partial charge in [0.1, 0.15) is 17.0 Å². The SMILES string of the molecule is CC(C)c1cc(Nc2nc(N3CCCC3C(=O)Nc3ccc(Cl)nc3)nc3c2CCC3)n[nH]1. The molecule has 0 radical (unpaired) electrons. The number of halogens is 1. The molecule has 2 aliphatic rings. The van der Waals surface area contributed by atoms with Gasteiger partial charge in [-0.1, -0.05) is 25.4 Å². The molecule has 1 saturated heterocycles. The molecule has 0 aromatic carbocycles. The van der Waals surface area contributed by atoms with Crippen LogP contribution in [0.5, 0.6) is 0 Å². The molecule has 3 aromatic rings. The number of hydrogen-bond acceptors (Lipinski definition) is 7. The first-order valence-corrected chi connectivity index (χ1v) is 11.8. The molecule has 1 unspecified atom stereocenters. The lowest BCUT2D eigenvalue weighted by atomic mass is 10.1. The van der Waals surface area contributed by atoms with Gasteiger partial charge in [-0.15, -0.1) is 0 Å². The minimum atomic E-state index is -0.342. The Bertz CT molecular complexity index is 1160. The summed E-state index contributed by atoms with van der Waals surface area (Å²) in [6.07, 6.45) is 6.10. The van der Waals surface area contributed by atoms with Crippen LogP contribution in [0.4, 0.5) is 23.3 Å². The van der Waals surface area contributed by atoms with Gasteiger partial charge >= 0.3 is 0 Å². The highest BCUT2D eigenvalue weighted by atomic mass is 35.5. The number of nitrogens with one attached hydrogen (secondary N) is 3. The molecule has 3 N–H and O–H groups in total. The van der Waals surface area contributed by atoms with Crippen molar-refractivity contribution in [3.8, 4) is 0 Å². The second-order valence-electron chi connectivity index (χ2n) is 8.85. The van der Waals surface area contributed by atoms with Crippen molar-refractivity contribution in [2.24, 2.45) is 0 Å². The molecule has 0 saturated carbocycles. The van der Waals surface area contributed by atoms with Crippen molar-refractivity contribution in [3.63, 3.8) is 0 Å². The van der Waals surface area contributed by atoms with E-state index in [1.54, 1.807) is 18.3 Å². The molecule has 1 amide bonds. The van der Waals surface area contributed by atoms with Crippen molar-refractivity contribution >= 4 is 40.8 Å². The zero-order valence-electron chi connectivity index (χ0n) is 18.7. The topological polar surface area (TPSA) is 112 Å². The van der Waals surface area contributed by atoms with E-state index in [0.717, 1.165) is 67.2 Å². The maximum atomic E-state index is 13.1. The summed E-state index contributed by atoms with van der Waals surface area (Å²) in [5.41, 5.74) is 3.87. The smallest absolute Gasteiger partial charge is 0.247 e. The Morgan fingerprint density at radius 2 is 2.12 bits per heavy atom. The van der Waals surface area contributed by atoms with Crippen molar-refractivity contribution < 1.29 is 4.79 Å². The van der Waals surface area contributed by atoms with Crippen LogP contribution in [0.15, 0.2) is 24.4 Å². The average molecular weight is 467 g/mol. The van der Waals surface area contributed by atoms with E-state index in [2.05, 4.69) is 39.7 Å². The number of fused-ring (bicyclic) bond motifs is 1. The van der Waals surface area contributed by atoms with E-state index in [1.165, 1.54) is 0 Å². The normalized spacial score (nSPS) is 17.5. The number of H-pyrrole nitrogens is 1. The summed E-state index contributed by atoms with van der Waals surface area (Å²) < 4.78 is 0. The Balaban J connectivity index is 1.40. The van der Waals surface area contributed by atoms with E-state index in [1.807, 2.05) is 11.0 Å². The number of amides is 1. The molecule has 1 atom stereocenters. The Morgan fingerprint density at radius 1 is 1.24 bits per heavy atom. The maximum Gasteiger partial charge on any atom is 0.247 e. The number of nitrogens with zero attached hydrogens (tertiary/aromatic N) is 5. The molecular formula is C23H27ClN8O. The zero-order chi connectivity index (χ0) is 22.9. The van der Waals surface area contributed by atoms with Crippen LogP contribution in [-0.4, -0.2) is 43.6 Å². The number of aryl methyl sites for hydroxylation is 1. The molecule has 4 heterocycles. The summed E-state index contributed by atoms with van der Waals surface area (Å²) in [4.78, 5) is 28.8. The Hall–Kier alpha value is -3.20. The summed E-state index contributed by atoms with van der Waals surface area (Å²) in [6, 6.07) is 5.08. The predicted molar refractivity (Wildman–Crippen MR) is 128 cm³/mol. The Kier molecular flexibility index (Phi) is 5.88. The minimum absolute atomic E-state index is 0.0934. The summed E-state index contributed by atoms with van der Waals surface area (Å²) in [5, 5.41) is 14.2. The van der Waals surface area contributed by atoms with E-state index >= 15 is 0 Å². The van der Waals surface area contributed by atoms with Crippen LogP contribution in [0, 0.1) is 0 Å². The first-order valence-electron chi connectivity index (χ1n) is 11.4. The number of rotatable bonds is 6. The van der Waals surface area contributed by atoms with Crippen molar-refractivity contribution in [2.75, 3.05) is 22.1 Å². The van der Waals surface area contributed by atoms with Gasteiger partial charge in [-0.3, -0.25) is 9.89 Å². The molecule has 10 heteroatoms. The number of aromatic nitrogens is 5. The van der Waals surface area contributed by atoms with Crippen LogP contribution >= 0.6 is 11.6 Å². The first-order chi connectivity index (χ1) is 16.0. The van der Waals surface area contributed by atoms with Gasteiger partial charge in [-0.2, -0.15) is 10.1 Å². The Labute approximate surface area is 197 Å². The lowest BCUT2D eigenvalue weighted by Gasteiger charge is -2.25. The number of carbonyl (C=O) groups excluding carboxylic acids is 1. The van der Waals surface area contributed by atoms with Crippen LogP contribution in [0.3, 0.4) is 0 Å². The molecule has 5 rings (SSSR count). The fraction of sp³-hybridized carbons (Fsp3) is 0.435. The van der Waals surface area contributed by atoms with Gasteiger partial charge in [0.15, 0.2) is 5.82 Å². The largest absolute Gasteiger partial charge is 0.329 e. The third-order valence-corrected chi connectivity index (χ3v) is 6.42. The lowest BCUT2D eigenvalue weighted by molar-refractivity contribution is -0.117. The minimum Gasteiger partial charge on any atom is -0.329 e. The van der Waals surface area contributed by atoms with Crippen molar-refractivity contribution in [2.45, 2.75) is 57.9 Å². The van der Waals surface area contributed by atoms with Gasteiger partial charge in [0, 0.05) is 23.9 Å². The molecule has 0 bridgehead atoms. The maximum absolute atomic E-state index is 13.1. The number of pyridine rings is 1.